The van der Waals surface area contributed by atoms with Crippen molar-refractivity contribution in [2.45, 2.75) is 6.92 Å². The van der Waals surface area contributed by atoms with Crippen molar-refractivity contribution in [1.29, 1.82) is 0 Å². The van der Waals surface area contributed by atoms with Crippen LogP contribution in [0.3, 0.4) is 0 Å². The number of ether oxygens (including phenoxy) is 1. The fraction of sp³-hybridized carbons (Fsp3) is 0.500. The number of sulfonamides is 1. The molecular formula is C12H20N2O4S2. The number of benzene rings is 1. The molecule has 0 spiro atoms. The minimum Gasteiger partial charge on any atom is -0.492 e. The van der Waals surface area contributed by atoms with Crippen molar-refractivity contribution >= 4 is 26.5 Å². The van der Waals surface area contributed by atoms with Gasteiger partial charge in [0.2, 0.25) is 10.0 Å². The van der Waals surface area contributed by atoms with Crippen LogP contribution in [0.15, 0.2) is 24.3 Å². The largest absolute Gasteiger partial charge is 0.492 e. The second-order valence-electron chi connectivity index (χ2n) is 4.06. The Balaban J connectivity index is 2.29. The Hall–Kier alpha value is -1.12. The Morgan fingerprint density at radius 2 is 1.95 bits per heavy atom. The first-order valence-electron chi connectivity index (χ1n) is 6.23. The molecule has 0 bridgehead atoms. The van der Waals surface area contributed by atoms with Gasteiger partial charge in [0.25, 0.3) is 0 Å². The highest BCUT2D eigenvalue weighted by molar-refractivity contribution is 7.89. The molecule has 20 heavy (non-hydrogen) atoms. The molecule has 114 valence electrons. The van der Waals surface area contributed by atoms with E-state index < -0.39 is 20.8 Å². The van der Waals surface area contributed by atoms with Crippen LogP contribution in [0.5, 0.6) is 5.75 Å². The molecule has 3 N–H and O–H groups in total. The summed E-state index contributed by atoms with van der Waals surface area (Å²) in [4.78, 5) is 0. The Morgan fingerprint density at radius 1 is 1.30 bits per heavy atom. The van der Waals surface area contributed by atoms with E-state index in [2.05, 4.69) is 4.72 Å². The first-order chi connectivity index (χ1) is 9.43. The Kier molecular flexibility index (Phi) is 6.97. The molecule has 0 amide bonds. The summed E-state index contributed by atoms with van der Waals surface area (Å²) in [7, 11) is -4.37. The highest BCUT2D eigenvalue weighted by atomic mass is 32.2. The molecule has 0 radical (unpaired) electrons. The van der Waals surface area contributed by atoms with Crippen molar-refractivity contribution in [2.75, 3.05) is 36.1 Å². The summed E-state index contributed by atoms with van der Waals surface area (Å²) in [6.45, 7) is 2.03. The highest BCUT2D eigenvalue weighted by Gasteiger charge is 2.10. The molecule has 1 unspecified atom stereocenters. The standard InChI is InChI=1S/C12H20N2O4S2/c1-2-19(15)9-7-14-20(16,17)10-8-18-12-5-3-11(13)4-6-12/h3-6,14H,2,7-10,13H2,1H3. The summed E-state index contributed by atoms with van der Waals surface area (Å²) in [5.74, 6) is 1.29. The maximum absolute atomic E-state index is 11.6. The van der Waals surface area contributed by atoms with Gasteiger partial charge in [0.05, 0.1) is 5.75 Å². The molecule has 8 heteroatoms. The van der Waals surface area contributed by atoms with Crippen LogP contribution >= 0.6 is 0 Å². The molecular weight excluding hydrogens is 300 g/mol. The lowest BCUT2D eigenvalue weighted by Gasteiger charge is -2.08. The normalized spacial score (nSPS) is 13.1. The van der Waals surface area contributed by atoms with Crippen LogP contribution in [0.2, 0.25) is 0 Å². The van der Waals surface area contributed by atoms with E-state index in [1.807, 2.05) is 0 Å². The molecule has 1 aromatic carbocycles. The summed E-state index contributed by atoms with van der Waals surface area (Å²) in [5, 5.41) is 0. The number of rotatable bonds is 9. The van der Waals surface area contributed by atoms with Gasteiger partial charge in [-0.15, -0.1) is 0 Å². The van der Waals surface area contributed by atoms with Crippen LogP contribution in [-0.2, 0) is 20.8 Å². The summed E-state index contributed by atoms with van der Waals surface area (Å²) >= 11 is 0. The monoisotopic (exact) mass is 320 g/mol. The van der Waals surface area contributed by atoms with E-state index in [0.29, 0.717) is 22.9 Å². The van der Waals surface area contributed by atoms with Gasteiger partial charge in [0, 0.05) is 34.5 Å². The van der Waals surface area contributed by atoms with Crippen molar-refractivity contribution in [1.82, 2.24) is 4.72 Å². The summed E-state index contributed by atoms with van der Waals surface area (Å²) < 4.78 is 42.1. The first kappa shape index (κ1) is 16.9. The van der Waals surface area contributed by atoms with Crippen LogP contribution in [0.4, 0.5) is 5.69 Å². The van der Waals surface area contributed by atoms with Gasteiger partial charge in [0.1, 0.15) is 12.4 Å². The molecule has 1 atom stereocenters. The van der Waals surface area contributed by atoms with Crippen molar-refractivity contribution in [3.63, 3.8) is 0 Å². The predicted octanol–water partition coefficient (Wildman–Crippen LogP) is 0.336. The minimum atomic E-state index is -3.40. The fourth-order valence-corrected chi connectivity index (χ4v) is 2.97. The minimum absolute atomic E-state index is 0.0517. The number of nitrogens with one attached hydrogen (secondary N) is 1. The molecule has 0 aromatic heterocycles. The van der Waals surface area contributed by atoms with Crippen LogP contribution in [0.1, 0.15) is 6.92 Å². The molecule has 0 aliphatic carbocycles. The van der Waals surface area contributed by atoms with E-state index in [4.69, 9.17) is 10.5 Å². The number of hydrogen-bond acceptors (Lipinski definition) is 5. The zero-order valence-corrected chi connectivity index (χ0v) is 13.0. The van der Waals surface area contributed by atoms with Crippen LogP contribution < -0.4 is 15.2 Å². The number of nitrogens with two attached hydrogens (primary N) is 1. The maximum atomic E-state index is 11.6. The Labute approximate surface area is 122 Å². The molecule has 0 aliphatic heterocycles. The highest BCUT2D eigenvalue weighted by Crippen LogP contribution is 2.12. The molecule has 0 fully saturated rings. The van der Waals surface area contributed by atoms with Crippen molar-refractivity contribution in [2.24, 2.45) is 0 Å². The fourth-order valence-electron chi connectivity index (χ4n) is 1.36. The van der Waals surface area contributed by atoms with Crippen molar-refractivity contribution in [3.8, 4) is 5.75 Å². The molecule has 1 aromatic rings. The van der Waals surface area contributed by atoms with Gasteiger partial charge >= 0.3 is 0 Å². The number of anilines is 1. The lowest BCUT2D eigenvalue weighted by molar-refractivity contribution is 0.340. The van der Waals surface area contributed by atoms with Crippen molar-refractivity contribution < 1.29 is 17.4 Å². The van der Waals surface area contributed by atoms with Crippen LogP contribution in [0.25, 0.3) is 0 Å². The number of hydrogen-bond donors (Lipinski definition) is 2. The molecule has 0 heterocycles. The smallest absolute Gasteiger partial charge is 0.214 e. The summed E-state index contributed by atoms with van der Waals surface area (Å²) in [6.07, 6.45) is 0. The van der Waals surface area contributed by atoms with Gasteiger partial charge in [-0.25, -0.2) is 13.1 Å². The predicted molar refractivity (Wildman–Crippen MR) is 81.7 cm³/mol. The van der Waals surface area contributed by atoms with Gasteiger partial charge in [-0.1, -0.05) is 6.92 Å². The van der Waals surface area contributed by atoms with Crippen LogP contribution in [-0.4, -0.2) is 43.0 Å². The van der Waals surface area contributed by atoms with E-state index in [0.717, 1.165) is 0 Å². The molecule has 6 nitrogen and oxygen atoms in total. The summed E-state index contributed by atoms with van der Waals surface area (Å²) in [5.41, 5.74) is 6.15. The lowest BCUT2D eigenvalue weighted by atomic mass is 10.3. The van der Waals surface area contributed by atoms with Crippen molar-refractivity contribution in [3.05, 3.63) is 24.3 Å². The quantitative estimate of drug-likeness (QED) is 0.639. The average Bonchev–Trinajstić information content (AvgIpc) is 2.40. The second kappa shape index (κ2) is 8.23. The third-order valence-corrected chi connectivity index (χ3v) is 5.13. The first-order valence-corrected chi connectivity index (χ1v) is 9.37. The summed E-state index contributed by atoms with van der Waals surface area (Å²) in [6, 6.07) is 6.73. The van der Waals surface area contributed by atoms with E-state index in [9.17, 15) is 12.6 Å². The SMILES string of the molecule is CCS(=O)CCNS(=O)(=O)CCOc1ccc(N)cc1. The van der Waals surface area contributed by atoms with E-state index in [1.54, 1.807) is 31.2 Å². The van der Waals surface area contributed by atoms with E-state index in [-0.39, 0.29) is 18.9 Å². The van der Waals surface area contributed by atoms with Gasteiger partial charge in [-0.3, -0.25) is 4.21 Å². The molecule has 0 saturated carbocycles. The lowest BCUT2D eigenvalue weighted by Crippen LogP contribution is -2.32. The zero-order chi connectivity index (χ0) is 15.0. The number of nitrogen functional groups attached to an aromatic ring is 1. The molecule has 1 rings (SSSR count). The Bertz CT molecular complexity index is 529. The third kappa shape index (κ3) is 6.88. The van der Waals surface area contributed by atoms with Gasteiger partial charge in [-0.05, 0) is 24.3 Å². The Morgan fingerprint density at radius 3 is 2.55 bits per heavy atom. The van der Waals surface area contributed by atoms with Gasteiger partial charge in [0.15, 0.2) is 0 Å². The van der Waals surface area contributed by atoms with Gasteiger partial charge < -0.3 is 10.5 Å². The molecule has 0 aliphatic rings. The van der Waals surface area contributed by atoms with E-state index in [1.165, 1.54) is 0 Å². The molecule has 0 saturated heterocycles. The topological polar surface area (TPSA) is 98.5 Å². The second-order valence-corrected chi connectivity index (χ2v) is 7.86. The third-order valence-electron chi connectivity index (χ3n) is 2.47. The van der Waals surface area contributed by atoms with E-state index >= 15 is 0 Å². The van der Waals surface area contributed by atoms with Gasteiger partial charge in [-0.2, -0.15) is 0 Å². The zero-order valence-electron chi connectivity index (χ0n) is 11.4. The maximum Gasteiger partial charge on any atom is 0.214 e. The average molecular weight is 320 g/mol. The van der Waals surface area contributed by atoms with Crippen LogP contribution in [0, 0.1) is 0 Å².